The molecule has 0 fully saturated rings. The highest BCUT2D eigenvalue weighted by molar-refractivity contribution is 6.21. The predicted octanol–water partition coefficient (Wildman–Crippen LogP) is 4.75. The number of nitriles is 2. The molecule has 0 bridgehead atoms. The minimum absolute atomic E-state index is 0.00365. The van der Waals surface area contributed by atoms with Crippen LogP contribution in [0.3, 0.4) is 0 Å². The van der Waals surface area contributed by atoms with Crippen molar-refractivity contribution >= 4 is 11.5 Å². The zero-order valence-corrected chi connectivity index (χ0v) is 19.1. The Hall–Kier alpha value is -3.35. The van der Waals surface area contributed by atoms with Gasteiger partial charge in [-0.1, -0.05) is 52.8 Å². The predicted molar refractivity (Wildman–Crippen MR) is 122 cm³/mol. The van der Waals surface area contributed by atoms with Crippen LogP contribution in [-0.2, 0) is 10.2 Å². The molecular formula is C25H30N4O2. The van der Waals surface area contributed by atoms with Gasteiger partial charge < -0.3 is 15.3 Å². The monoisotopic (exact) mass is 418 g/mol. The lowest BCUT2D eigenvalue weighted by Crippen LogP contribution is -2.27. The van der Waals surface area contributed by atoms with Crippen molar-refractivity contribution in [3.8, 4) is 12.1 Å². The third-order valence-electron chi connectivity index (χ3n) is 5.98. The van der Waals surface area contributed by atoms with E-state index in [1.807, 2.05) is 38.1 Å². The minimum atomic E-state index is -0.656. The topological polar surface area (TPSA) is 100 Å². The van der Waals surface area contributed by atoms with Crippen molar-refractivity contribution < 1.29 is 9.90 Å². The van der Waals surface area contributed by atoms with E-state index in [2.05, 4.69) is 31.0 Å². The first-order valence-corrected chi connectivity index (χ1v) is 10.5. The van der Waals surface area contributed by atoms with E-state index in [1.54, 1.807) is 19.1 Å². The third kappa shape index (κ3) is 4.26. The molecule has 6 heteroatoms. The number of anilines is 1. The van der Waals surface area contributed by atoms with E-state index in [-0.39, 0.29) is 22.1 Å². The van der Waals surface area contributed by atoms with Crippen molar-refractivity contribution in [3.05, 3.63) is 63.6 Å². The maximum atomic E-state index is 11.9. The number of benzene rings is 1. The van der Waals surface area contributed by atoms with Crippen molar-refractivity contribution in [2.75, 3.05) is 25.0 Å². The van der Waals surface area contributed by atoms with E-state index >= 15 is 0 Å². The average Bonchev–Trinajstić information content (AvgIpc) is 3.05. The van der Waals surface area contributed by atoms with E-state index in [0.717, 1.165) is 16.9 Å². The summed E-state index contributed by atoms with van der Waals surface area (Å²) in [5.41, 5.74) is 3.22. The summed E-state index contributed by atoms with van der Waals surface area (Å²) in [6.07, 6.45) is 0. The Labute approximate surface area is 184 Å². The van der Waals surface area contributed by atoms with Crippen LogP contribution in [0.1, 0.15) is 47.1 Å². The fourth-order valence-corrected chi connectivity index (χ4v) is 4.06. The van der Waals surface area contributed by atoms with Crippen LogP contribution in [0.15, 0.2) is 58.0 Å². The van der Waals surface area contributed by atoms with Crippen LogP contribution in [0.5, 0.6) is 0 Å². The highest BCUT2D eigenvalue weighted by Gasteiger charge is 2.42. The molecule has 1 aliphatic heterocycles. The molecule has 0 unspecified atom stereocenters. The minimum Gasteiger partial charge on any atom is -0.504 e. The normalized spacial score (nSPS) is 17.6. The first kappa shape index (κ1) is 23.9. The number of carbonyl (C=O) groups excluding carboxylic acids is 1. The Kier molecular flexibility index (Phi) is 7.44. The molecule has 0 amide bonds. The molecule has 3 rings (SSSR count). The Balaban J connectivity index is 0.000000423. The van der Waals surface area contributed by atoms with Crippen LogP contribution in [-0.4, -0.2) is 35.4 Å². The molecule has 162 valence electrons. The van der Waals surface area contributed by atoms with Crippen LogP contribution in [0.4, 0.5) is 5.69 Å². The number of aliphatic hydroxyl groups is 1. The number of allylic oxidation sites excluding steroid dienone is 5. The Morgan fingerprint density at radius 1 is 1.10 bits per heavy atom. The number of nitrogens with one attached hydrogen (secondary N) is 1. The van der Waals surface area contributed by atoms with Gasteiger partial charge in [0, 0.05) is 22.4 Å². The van der Waals surface area contributed by atoms with Gasteiger partial charge in [-0.3, -0.25) is 4.79 Å². The second kappa shape index (κ2) is 9.64. The zero-order valence-electron chi connectivity index (χ0n) is 19.1. The lowest BCUT2D eigenvalue weighted by Gasteiger charge is -2.28. The molecule has 1 aliphatic carbocycles. The maximum Gasteiger partial charge on any atom is 0.230 e. The quantitative estimate of drug-likeness (QED) is 0.541. The summed E-state index contributed by atoms with van der Waals surface area (Å²) in [5, 5.41) is 31.5. The number of carbonyl (C=O) groups is 1. The zero-order chi connectivity index (χ0) is 23.3. The largest absolute Gasteiger partial charge is 0.504 e. The fraction of sp³-hybridized carbons (Fsp3) is 0.400. The molecule has 0 radical (unpaired) electrons. The number of rotatable bonds is 4. The fourth-order valence-electron chi connectivity index (χ4n) is 4.06. The highest BCUT2D eigenvalue weighted by Crippen LogP contribution is 2.47. The summed E-state index contributed by atoms with van der Waals surface area (Å²) in [5.74, 6) is -1.05. The van der Waals surface area contributed by atoms with Gasteiger partial charge in [0.2, 0.25) is 5.78 Å². The van der Waals surface area contributed by atoms with Crippen LogP contribution < -0.4 is 5.32 Å². The number of aliphatic hydroxyl groups excluding tert-OH is 1. The lowest BCUT2D eigenvalue weighted by atomic mass is 9.75. The molecule has 1 aromatic carbocycles. The first-order chi connectivity index (χ1) is 14.7. The summed E-state index contributed by atoms with van der Waals surface area (Å²) >= 11 is 0. The van der Waals surface area contributed by atoms with Gasteiger partial charge in [0.15, 0.2) is 5.76 Å². The van der Waals surface area contributed by atoms with Gasteiger partial charge in [0.05, 0.1) is 5.57 Å². The maximum absolute atomic E-state index is 11.9. The lowest BCUT2D eigenvalue weighted by molar-refractivity contribution is -0.115. The highest BCUT2D eigenvalue weighted by atomic mass is 16.3. The van der Waals surface area contributed by atoms with Crippen molar-refractivity contribution in [2.45, 2.75) is 47.0 Å². The third-order valence-corrected chi connectivity index (χ3v) is 5.98. The summed E-state index contributed by atoms with van der Waals surface area (Å²) in [6, 6.07) is 11.3. The second-order valence-corrected chi connectivity index (χ2v) is 7.94. The van der Waals surface area contributed by atoms with Crippen molar-refractivity contribution in [1.29, 1.82) is 10.5 Å². The van der Waals surface area contributed by atoms with Gasteiger partial charge in [-0.25, -0.2) is 0 Å². The van der Waals surface area contributed by atoms with Crippen molar-refractivity contribution in [3.63, 3.8) is 0 Å². The molecule has 0 aromatic heterocycles. The molecule has 1 aromatic rings. The number of hydrogen-bond donors (Lipinski definition) is 2. The molecule has 1 heterocycles. The number of para-hydroxylation sites is 1. The van der Waals surface area contributed by atoms with Crippen LogP contribution in [0.2, 0.25) is 0 Å². The van der Waals surface area contributed by atoms with E-state index in [4.69, 9.17) is 10.5 Å². The summed E-state index contributed by atoms with van der Waals surface area (Å²) in [6.45, 7) is 16.0. The van der Waals surface area contributed by atoms with E-state index < -0.39 is 11.5 Å². The van der Waals surface area contributed by atoms with E-state index in [1.165, 1.54) is 19.6 Å². The molecule has 31 heavy (non-hydrogen) atoms. The molecule has 0 saturated carbocycles. The Bertz CT molecular complexity index is 1040. The number of ketones is 1. The molecular weight excluding hydrogens is 388 g/mol. The molecule has 0 spiro atoms. The summed E-state index contributed by atoms with van der Waals surface area (Å²) < 4.78 is 0. The summed E-state index contributed by atoms with van der Waals surface area (Å²) in [7, 11) is 0. The Morgan fingerprint density at radius 2 is 1.65 bits per heavy atom. The van der Waals surface area contributed by atoms with Gasteiger partial charge in [-0.2, -0.15) is 10.5 Å². The van der Waals surface area contributed by atoms with Crippen LogP contribution in [0, 0.1) is 22.7 Å². The summed E-state index contributed by atoms with van der Waals surface area (Å²) in [4.78, 5) is 14.3. The van der Waals surface area contributed by atoms with Crippen LogP contribution in [0.25, 0.3) is 0 Å². The first-order valence-electron chi connectivity index (χ1n) is 10.5. The second-order valence-electron chi connectivity index (χ2n) is 7.94. The molecule has 0 atom stereocenters. The molecule has 0 saturated heterocycles. The van der Waals surface area contributed by atoms with Gasteiger partial charge in [0.25, 0.3) is 0 Å². The van der Waals surface area contributed by atoms with Gasteiger partial charge >= 0.3 is 0 Å². The van der Waals surface area contributed by atoms with Gasteiger partial charge in [-0.05, 0) is 43.8 Å². The van der Waals surface area contributed by atoms with Gasteiger partial charge in [0.1, 0.15) is 17.7 Å². The standard InChI is InChI=1S/C19H15N3O2.C6H15N/c1-10(14-15(11(8-20)9-21)17(24)16(14)23)18-19(2,3)12-6-4-5-7-13(12)22-18;1-4-7(5-2)6-3/h4-7,22-23H,1-3H3;4-6H2,1-3H3. The number of nitrogens with zero attached hydrogens (tertiary/aromatic N) is 3. The van der Waals surface area contributed by atoms with E-state index in [0.29, 0.717) is 5.57 Å². The average molecular weight is 419 g/mol. The molecule has 2 aliphatic rings. The van der Waals surface area contributed by atoms with Gasteiger partial charge in [-0.15, -0.1) is 0 Å². The van der Waals surface area contributed by atoms with E-state index in [9.17, 15) is 9.90 Å². The number of hydrogen-bond acceptors (Lipinski definition) is 6. The number of fused-ring (bicyclic) bond motifs is 1. The van der Waals surface area contributed by atoms with Crippen molar-refractivity contribution in [2.24, 2.45) is 0 Å². The smallest absolute Gasteiger partial charge is 0.230 e. The number of Topliss-reactive ketones (excluding diaryl/α,β-unsaturated/α-hetero) is 1. The molecule has 2 N–H and O–H groups in total. The van der Waals surface area contributed by atoms with Crippen LogP contribution >= 0.6 is 0 Å². The SMILES string of the molecule is CC(C1=C(O)C(=O)C1=C(C#N)C#N)=C1Nc2ccccc2C1(C)C.CCN(CC)CC. The molecule has 6 nitrogen and oxygen atoms in total. The van der Waals surface area contributed by atoms with Crippen molar-refractivity contribution in [1.82, 2.24) is 4.90 Å². The Morgan fingerprint density at radius 3 is 2.10 bits per heavy atom.